The lowest BCUT2D eigenvalue weighted by molar-refractivity contribution is 0.228. The number of benzene rings is 2. The maximum Gasteiger partial charge on any atom is 0.226 e. The van der Waals surface area contributed by atoms with E-state index in [9.17, 15) is 0 Å². The molecule has 0 saturated carbocycles. The van der Waals surface area contributed by atoms with Gasteiger partial charge in [0.1, 0.15) is 5.82 Å². The number of likely N-dealkylation sites (N-methyl/N-ethyl adjacent to an activating group) is 1. The molecule has 2 aromatic heterocycles. The highest BCUT2D eigenvalue weighted by atomic mass is 15.4. The molecule has 2 aromatic carbocycles. The molecule has 6 nitrogen and oxygen atoms in total. The number of nitrogens with zero attached hydrogens (tertiary/aromatic N) is 5. The van der Waals surface area contributed by atoms with Gasteiger partial charge >= 0.3 is 0 Å². The summed E-state index contributed by atoms with van der Waals surface area (Å²) < 4.78 is 1.82. The van der Waals surface area contributed by atoms with E-state index in [1.54, 1.807) is 0 Å². The molecule has 0 amide bonds. The molecule has 0 radical (unpaired) electrons. The first-order valence-electron chi connectivity index (χ1n) is 9.86. The van der Waals surface area contributed by atoms with E-state index >= 15 is 0 Å². The summed E-state index contributed by atoms with van der Waals surface area (Å²) in [4.78, 5) is 11.9. The highest BCUT2D eigenvalue weighted by Crippen LogP contribution is 2.23. The first-order valence-corrected chi connectivity index (χ1v) is 9.86. The van der Waals surface area contributed by atoms with E-state index in [2.05, 4.69) is 64.5 Å². The van der Waals surface area contributed by atoms with E-state index in [1.165, 1.54) is 5.56 Å². The van der Waals surface area contributed by atoms with Crippen LogP contribution in [0.25, 0.3) is 16.6 Å². The fourth-order valence-electron chi connectivity index (χ4n) is 3.76. The Morgan fingerprint density at radius 1 is 0.964 bits per heavy atom. The van der Waals surface area contributed by atoms with Crippen molar-refractivity contribution in [3.05, 3.63) is 66.0 Å². The summed E-state index contributed by atoms with van der Waals surface area (Å²) in [5.41, 5.74) is 3.05. The lowest BCUT2D eigenvalue weighted by Crippen LogP contribution is -2.33. The smallest absolute Gasteiger partial charge is 0.226 e. The molecule has 0 saturated heterocycles. The first-order chi connectivity index (χ1) is 13.7. The van der Waals surface area contributed by atoms with Crippen molar-refractivity contribution in [3.63, 3.8) is 0 Å². The minimum atomic E-state index is 0.254. The molecule has 1 atom stereocenters. The SMILES string of the molecule is CCN(CC)C(CNc1nc2ccccc2c2nc(C)nn12)c1ccccc1. The van der Waals surface area contributed by atoms with Gasteiger partial charge in [0.15, 0.2) is 5.65 Å². The van der Waals surface area contributed by atoms with Crippen LogP contribution in [0.1, 0.15) is 31.3 Å². The Morgan fingerprint density at radius 3 is 2.43 bits per heavy atom. The molecule has 0 aliphatic carbocycles. The molecule has 4 rings (SSSR count). The lowest BCUT2D eigenvalue weighted by Gasteiger charge is -2.30. The Morgan fingerprint density at radius 2 is 1.68 bits per heavy atom. The summed E-state index contributed by atoms with van der Waals surface area (Å²) in [5.74, 6) is 1.46. The van der Waals surface area contributed by atoms with Crippen LogP contribution >= 0.6 is 0 Å². The van der Waals surface area contributed by atoms with Gasteiger partial charge in [-0.05, 0) is 37.7 Å². The number of aryl methyl sites for hydroxylation is 1. The van der Waals surface area contributed by atoms with Crippen LogP contribution in [0.3, 0.4) is 0 Å². The Bertz CT molecular complexity index is 1070. The second-order valence-corrected chi connectivity index (χ2v) is 6.88. The van der Waals surface area contributed by atoms with Gasteiger partial charge in [0, 0.05) is 11.9 Å². The number of aromatic nitrogens is 4. The van der Waals surface area contributed by atoms with E-state index in [0.29, 0.717) is 0 Å². The average Bonchev–Trinajstić information content (AvgIpc) is 3.13. The number of hydrogen-bond donors (Lipinski definition) is 1. The van der Waals surface area contributed by atoms with Gasteiger partial charge in [-0.25, -0.2) is 9.97 Å². The van der Waals surface area contributed by atoms with Crippen molar-refractivity contribution in [3.8, 4) is 0 Å². The number of anilines is 1. The quantitative estimate of drug-likeness (QED) is 0.528. The maximum atomic E-state index is 4.82. The van der Waals surface area contributed by atoms with Crippen LogP contribution in [-0.4, -0.2) is 44.1 Å². The van der Waals surface area contributed by atoms with Crippen molar-refractivity contribution in [2.75, 3.05) is 25.0 Å². The number of fused-ring (bicyclic) bond motifs is 3. The van der Waals surface area contributed by atoms with Crippen LogP contribution < -0.4 is 5.32 Å². The van der Waals surface area contributed by atoms with Gasteiger partial charge in [0.2, 0.25) is 5.95 Å². The van der Waals surface area contributed by atoms with Crippen LogP contribution in [0.4, 0.5) is 5.95 Å². The molecular formula is C22H26N6. The summed E-state index contributed by atoms with van der Waals surface area (Å²) >= 11 is 0. The van der Waals surface area contributed by atoms with Gasteiger partial charge in [0.05, 0.1) is 11.6 Å². The zero-order chi connectivity index (χ0) is 19.5. The molecule has 0 aliphatic rings. The Labute approximate surface area is 165 Å². The molecule has 28 heavy (non-hydrogen) atoms. The van der Waals surface area contributed by atoms with Gasteiger partial charge in [-0.3, -0.25) is 4.90 Å². The highest BCUT2D eigenvalue weighted by Gasteiger charge is 2.19. The third-order valence-electron chi connectivity index (χ3n) is 5.18. The van der Waals surface area contributed by atoms with E-state index in [4.69, 9.17) is 4.98 Å². The fourth-order valence-corrected chi connectivity index (χ4v) is 3.76. The lowest BCUT2D eigenvalue weighted by atomic mass is 10.1. The van der Waals surface area contributed by atoms with Gasteiger partial charge in [-0.1, -0.05) is 56.3 Å². The normalized spacial score (nSPS) is 12.7. The molecular weight excluding hydrogens is 348 g/mol. The fraction of sp³-hybridized carbons (Fsp3) is 0.318. The van der Waals surface area contributed by atoms with Gasteiger partial charge in [-0.2, -0.15) is 4.52 Å². The second-order valence-electron chi connectivity index (χ2n) is 6.88. The van der Waals surface area contributed by atoms with Crippen LogP contribution in [-0.2, 0) is 0 Å². The number of rotatable bonds is 7. The van der Waals surface area contributed by atoms with E-state index in [0.717, 1.165) is 48.0 Å². The second kappa shape index (κ2) is 7.94. The highest BCUT2D eigenvalue weighted by molar-refractivity contribution is 5.92. The molecule has 2 heterocycles. The van der Waals surface area contributed by atoms with Crippen LogP contribution in [0, 0.1) is 6.92 Å². The zero-order valence-corrected chi connectivity index (χ0v) is 16.6. The molecule has 0 fully saturated rings. The number of para-hydroxylation sites is 1. The van der Waals surface area contributed by atoms with Crippen molar-refractivity contribution in [2.45, 2.75) is 26.8 Å². The van der Waals surface area contributed by atoms with Crippen LogP contribution in [0.2, 0.25) is 0 Å². The van der Waals surface area contributed by atoms with Crippen molar-refractivity contribution in [1.82, 2.24) is 24.5 Å². The van der Waals surface area contributed by atoms with Gasteiger partial charge in [-0.15, -0.1) is 5.10 Å². The molecule has 0 bridgehead atoms. The van der Waals surface area contributed by atoms with Crippen LogP contribution in [0.5, 0.6) is 0 Å². The van der Waals surface area contributed by atoms with Crippen molar-refractivity contribution in [1.29, 1.82) is 0 Å². The average molecular weight is 374 g/mol. The largest absolute Gasteiger partial charge is 0.352 e. The number of hydrogen-bond acceptors (Lipinski definition) is 5. The summed E-state index contributed by atoms with van der Waals surface area (Å²) in [6, 6.07) is 18.9. The minimum Gasteiger partial charge on any atom is -0.352 e. The summed E-state index contributed by atoms with van der Waals surface area (Å²) in [5, 5.41) is 9.13. The monoisotopic (exact) mass is 374 g/mol. The Hall–Kier alpha value is -2.99. The maximum absolute atomic E-state index is 4.82. The van der Waals surface area contributed by atoms with E-state index in [1.807, 2.05) is 35.7 Å². The Balaban J connectivity index is 1.71. The molecule has 144 valence electrons. The van der Waals surface area contributed by atoms with Crippen molar-refractivity contribution >= 4 is 22.5 Å². The summed E-state index contributed by atoms with van der Waals surface area (Å²) in [6.45, 7) is 9.03. The van der Waals surface area contributed by atoms with Crippen molar-refractivity contribution in [2.24, 2.45) is 0 Å². The van der Waals surface area contributed by atoms with E-state index < -0.39 is 0 Å². The van der Waals surface area contributed by atoms with Gasteiger partial charge < -0.3 is 5.32 Å². The van der Waals surface area contributed by atoms with Gasteiger partial charge in [0.25, 0.3) is 0 Å². The third-order valence-corrected chi connectivity index (χ3v) is 5.18. The third kappa shape index (κ3) is 3.43. The standard InChI is InChI=1S/C22H26N6/c1-4-27(5-2)20(17-11-7-6-8-12-17)15-23-22-25-19-14-10-9-13-18(19)21-24-16(3)26-28(21)22/h6-14,20H,4-5,15H2,1-3H3,(H,23,25). The molecule has 0 aliphatic heterocycles. The predicted octanol–water partition coefficient (Wildman–Crippen LogP) is 4.08. The van der Waals surface area contributed by atoms with Crippen LogP contribution in [0.15, 0.2) is 54.6 Å². The van der Waals surface area contributed by atoms with E-state index in [-0.39, 0.29) is 6.04 Å². The topological polar surface area (TPSA) is 58.3 Å². The summed E-state index contributed by atoms with van der Waals surface area (Å²) in [7, 11) is 0. The molecule has 6 heteroatoms. The Kier molecular flexibility index (Phi) is 5.21. The predicted molar refractivity (Wildman–Crippen MR) is 114 cm³/mol. The minimum absolute atomic E-state index is 0.254. The molecule has 0 spiro atoms. The molecule has 4 aromatic rings. The van der Waals surface area contributed by atoms with Crippen molar-refractivity contribution < 1.29 is 0 Å². The molecule has 1 N–H and O–H groups in total. The molecule has 1 unspecified atom stereocenters. The first kappa shape index (κ1) is 18.4. The number of nitrogens with one attached hydrogen (secondary N) is 1. The zero-order valence-electron chi connectivity index (χ0n) is 16.6. The summed E-state index contributed by atoms with van der Waals surface area (Å²) in [6.07, 6.45) is 0.